The molecule has 2 aromatic rings. The average Bonchev–Trinajstić information content (AvgIpc) is 3.15. The molecule has 5 nitrogen and oxygen atoms in total. The summed E-state index contributed by atoms with van der Waals surface area (Å²) < 4.78 is 28.2. The molecular weight excluding hydrogens is 318 g/mol. The molecule has 1 atom stereocenters. The number of sulfonamides is 1. The van der Waals surface area contributed by atoms with Crippen molar-refractivity contribution in [3.8, 4) is 0 Å². The van der Waals surface area contributed by atoms with E-state index in [4.69, 9.17) is 0 Å². The van der Waals surface area contributed by atoms with Crippen LogP contribution in [0.5, 0.6) is 0 Å². The second-order valence-electron chi connectivity index (χ2n) is 5.43. The van der Waals surface area contributed by atoms with Crippen molar-refractivity contribution in [3.05, 3.63) is 42.6 Å². The molecule has 0 aliphatic carbocycles. The number of thioether (sulfide) groups is 1. The maximum absolute atomic E-state index is 12.6. The van der Waals surface area contributed by atoms with Gasteiger partial charge >= 0.3 is 0 Å². The summed E-state index contributed by atoms with van der Waals surface area (Å²) in [6.07, 6.45) is 2.43. The molecule has 0 amide bonds. The van der Waals surface area contributed by atoms with Gasteiger partial charge in [-0.2, -0.15) is 9.40 Å². The lowest BCUT2D eigenvalue weighted by Gasteiger charge is -2.16. The molecule has 0 bridgehead atoms. The standard InChI is InChI=1S/C15H19N3O2S2/c1-17-15(7-9-16-17)22(19,20)18-10-8-13(11-18)12-21-14-5-3-2-4-6-14/h2-7,9,13H,8,10-12H2,1H3. The summed E-state index contributed by atoms with van der Waals surface area (Å²) in [5.41, 5.74) is 0. The summed E-state index contributed by atoms with van der Waals surface area (Å²) in [5, 5.41) is 4.22. The van der Waals surface area contributed by atoms with Gasteiger partial charge in [0.25, 0.3) is 10.0 Å². The minimum Gasteiger partial charge on any atom is -0.256 e. The van der Waals surface area contributed by atoms with Gasteiger partial charge in [-0.1, -0.05) is 18.2 Å². The quantitative estimate of drug-likeness (QED) is 0.785. The van der Waals surface area contributed by atoms with Crippen LogP contribution in [0, 0.1) is 5.92 Å². The summed E-state index contributed by atoms with van der Waals surface area (Å²) in [6, 6.07) is 11.8. The molecule has 0 saturated carbocycles. The first-order chi connectivity index (χ1) is 10.6. The largest absolute Gasteiger partial charge is 0.260 e. The smallest absolute Gasteiger partial charge is 0.256 e. The van der Waals surface area contributed by atoms with Crippen LogP contribution < -0.4 is 0 Å². The van der Waals surface area contributed by atoms with Crippen LogP contribution in [0.2, 0.25) is 0 Å². The predicted octanol–water partition coefficient (Wildman–Crippen LogP) is 2.22. The fourth-order valence-electron chi connectivity index (χ4n) is 2.63. The van der Waals surface area contributed by atoms with E-state index in [1.54, 1.807) is 29.2 Å². The van der Waals surface area contributed by atoms with E-state index in [0.717, 1.165) is 12.2 Å². The highest BCUT2D eigenvalue weighted by Crippen LogP contribution is 2.28. The van der Waals surface area contributed by atoms with Gasteiger partial charge in [-0.3, -0.25) is 4.68 Å². The topological polar surface area (TPSA) is 55.2 Å². The summed E-state index contributed by atoms with van der Waals surface area (Å²) in [5.74, 6) is 1.34. The SMILES string of the molecule is Cn1nccc1S(=O)(=O)N1CCC(CSc2ccccc2)C1. The molecule has 3 rings (SSSR count). The van der Waals surface area contributed by atoms with Crippen LogP contribution in [0.15, 0.2) is 52.5 Å². The fraction of sp³-hybridized carbons (Fsp3) is 0.400. The summed E-state index contributed by atoms with van der Waals surface area (Å²) in [7, 11) is -1.76. The van der Waals surface area contributed by atoms with E-state index in [2.05, 4.69) is 17.2 Å². The van der Waals surface area contributed by atoms with E-state index in [1.165, 1.54) is 15.8 Å². The third kappa shape index (κ3) is 3.21. The molecule has 1 fully saturated rings. The average molecular weight is 337 g/mol. The third-order valence-corrected chi connectivity index (χ3v) is 7.04. The highest BCUT2D eigenvalue weighted by molar-refractivity contribution is 7.99. The molecule has 2 heterocycles. The van der Waals surface area contributed by atoms with Gasteiger partial charge in [0.2, 0.25) is 0 Å². The second-order valence-corrected chi connectivity index (χ2v) is 8.41. The number of hydrogen-bond donors (Lipinski definition) is 0. The van der Waals surface area contributed by atoms with E-state index >= 15 is 0 Å². The van der Waals surface area contributed by atoms with Crippen molar-refractivity contribution < 1.29 is 8.42 Å². The van der Waals surface area contributed by atoms with Crippen molar-refractivity contribution in [3.63, 3.8) is 0 Å². The normalized spacial score (nSPS) is 19.6. The van der Waals surface area contributed by atoms with Gasteiger partial charge in [-0.25, -0.2) is 8.42 Å². The molecule has 0 spiro atoms. The molecular formula is C15H19N3O2S2. The Balaban J connectivity index is 1.62. The van der Waals surface area contributed by atoms with Crippen molar-refractivity contribution >= 4 is 21.8 Å². The second kappa shape index (κ2) is 6.44. The summed E-state index contributed by atoms with van der Waals surface area (Å²) >= 11 is 1.79. The number of aryl methyl sites for hydroxylation is 1. The highest BCUT2D eigenvalue weighted by Gasteiger charge is 2.33. The lowest BCUT2D eigenvalue weighted by molar-refractivity contribution is 0.456. The Morgan fingerprint density at radius 1 is 1.27 bits per heavy atom. The first-order valence-electron chi connectivity index (χ1n) is 7.23. The van der Waals surface area contributed by atoms with Crippen LogP contribution >= 0.6 is 11.8 Å². The number of benzene rings is 1. The number of hydrogen-bond acceptors (Lipinski definition) is 4. The fourth-order valence-corrected chi connectivity index (χ4v) is 5.31. The molecule has 0 radical (unpaired) electrons. The van der Waals surface area contributed by atoms with Crippen LogP contribution in [0.3, 0.4) is 0 Å². The minimum absolute atomic E-state index is 0.267. The van der Waals surface area contributed by atoms with Gasteiger partial charge < -0.3 is 0 Å². The van der Waals surface area contributed by atoms with Crippen LogP contribution in [0.25, 0.3) is 0 Å². The summed E-state index contributed by atoms with van der Waals surface area (Å²) in [6.45, 7) is 1.18. The predicted molar refractivity (Wildman–Crippen MR) is 87.2 cm³/mol. The Labute approximate surface area is 135 Å². The molecule has 0 N–H and O–H groups in total. The zero-order chi connectivity index (χ0) is 15.6. The van der Waals surface area contributed by atoms with E-state index in [1.807, 2.05) is 18.2 Å². The maximum atomic E-state index is 12.6. The monoisotopic (exact) mass is 337 g/mol. The molecule has 1 aliphatic rings. The summed E-state index contributed by atoms with van der Waals surface area (Å²) in [4.78, 5) is 1.23. The van der Waals surface area contributed by atoms with E-state index in [9.17, 15) is 8.42 Å². The third-order valence-electron chi connectivity index (χ3n) is 3.86. The molecule has 22 heavy (non-hydrogen) atoms. The molecule has 7 heteroatoms. The molecule has 118 valence electrons. The maximum Gasteiger partial charge on any atom is 0.260 e. The lowest BCUT2D eigenvalue weighted by Crippen LogP contribution is -2.30. The van der Waals surface area contributed by atoms with Crippen LogP contribution in [0.1, 0.15) is 6.42 Å². The first-order valence-corrected chi connectivity index (χ1v) is 9.66. The van der Waals surface area contributed by atoms with E-state index in [-0.39, 0.29) is 5.03 Å². The van der Waals surface area contributed by atoms with Crippen molar-refractivity contribution in [2.45, 2.75) is 16.3 Å². The van der Waals surface area contributed by atoms with Gasteiger partial charge in [-0.15, -0.1) is 11.8 Å². The van der Waals surface area contributed by atoms with Crippen LogP contribution in [-0.2, 0) is 17.1 Å². The van der Waals surface area contributed by atoms with Crippen molar-refractivity contribution in [2.24, 2.45) is 13.0 Å². The van der Waals surface area contributed by atoms with Crippen LogP contribution in [-0.4, -0.2) is 41.3 Å². The molecule has 1 aliphatic heterocycles. The Morgan fingerprint density at radius 2 is 2.05 bits per heavy atom. The van der Waals surface area contributed by atoms with Crippen molar-refractivity contribution in [2.75, 3.05) is 18.8 Å². The molecule has 1 aromatic heterocycles. The molecule has 1 unspecified atom stereocenters. The Morgan fingerprint density at radius 3 is 2.73 bits per heavy atom. The van der Waals surface area contributed by atoms with Gasteiger partial charge in [0.05, 0.1) is 6.20 Å². The Hall–Kier alpha value is -1.31. The van der Waals surface area contributed by atoms with Gasteiger partial charge in [-0.05, 0) is 30.5 Å². The van der Waals surface area contributed by atoms with Gasteiger partial charge in [0, 0.05) is 30.8 Å². The lowest BCUT2D eigenvalue weighted by atomic mass is 10.2. The van der Waals surface area contributed by atoms with Gasteiger partial charge in [0.15, 0.2) is 5.03 Å². The Kier molecular flexibility index (Phi) is 4.56. The zero-order valence-electron chi connectivity index (χ0n) is 12.4. The number of aromatic nitrogens is 2. The highest BCUT2D eigenvalue weighted by atomic mass is 32.2. The molecule has 1 saturated heterocycles. The van der Waals surface area contributed by atoms with E-state index < -0.39 is 10.0 Å². The zero-order valence-corrected chi connectivity index (χ0v) is 14.1. The van der Waals surface area contributed by atoms with Crippen molar-refractivity contribution in [1.82, 2.24) is 14.1 Å². The minimum atomic E-state index is -3.42. The van der Waals surface area contributed by atoms with Gasteiger partial charge in [0.1, 0.15) is 0 Å². The van der Waals surface area contributed by atoms with E-state index in [0.29, 0.717) is 19.0 Å². The number of rotatable bonds is 5. The molecule has 1 aromatic carbocycles. The number of nitrogens with zero attached hydrogens (tertiary/aromatic N) is 3. The van der Waals surface area contributed by atoms with Crippen LogP contribution in [0.4, 0.5) is 0 Å². The van der Waals surface area contributed by atoms with Crippen molar-refractivity contribution in [1.29, 1.82) is 0 Å². The Bertz CT molecular complexity index is 728. The first kappa shape index (κ1) is 15.6.